The zero-order valence-electron chi connectivity index (χ0n) is 17.3. The summed E-state index contributed by atoms with van der Waals surface area (Å²) < 4.78 is 8.19. The number of rotatable bonds is 8. The summed E-state index contributed by atoms with van der Waals surface area (Å²) in [5, 5.41) is 9.65. The van der Waals surface area contributed by atoms with Crippen LogP contribution in [0.2, 0.25) is 0 Å². The van der Waals surface area contributed by atoms with Crippen LogP contribution >= 0.6 is 0 Å². The number of benzene rings is 1. The molecule has 1 aliphatic heterocycles. The van der Waals surface area contributed by atoms with E-state index in [2.05, 4.69) is 25.8 Å². The van der Waals surface area contributed by atoms with Gasteiger partial charge in [-0.2, -0.15) is 0 Å². The number of aliphatic hydroxyl groups excluding tert-OH is 1. The Hall–Kier alpha value is -1.92. The van der Waals surface area contributed by atoms with Crippen molar-refractivity contribution in [3.8, 4) is 0 Å². The molecule has 6 nitrogen and oxygen atoms in total. The van der Waals surface area contributed by atoms with Crippen LogP contribution in [0, 0.1) is 5.92 Å². The number of unbranched alkanes of at least 4 members (excludes halogenated alkanes) is 1. The van der Waals surface area contributed by atoms with E-state index in [1.54, 1.807) is 0 Å². The molecule has 1 saturated heterocycles. The highest BCUT2D eigenvalue weighted by atomic mass is 16.5. The Morgan fingerprint density at radius 1 is 1.32 bits per heavy atom. The van der Waals surface area contributed by atoms with Gasteiger partial charge in [-0.15, -0.1) is 0 Å². The number of hydrogen-bond acceptors (Lipinski definition) is 4. The standard InChI is InChI=1S/C22H33N3O3/c1-4-5-8-17-13-24(14-20(28-17)16(2)3)22(27)11-12-25-19-10-7-6-9-18(19)23-21(25)15-26/h6-7,9-10,16-17,20,26H,4-5,8,11-15H2,1-3H3/t17-,20-/m1/s1. The Morgan fingerprint density at radius 3 is 2.82 bits per heavy atom. The number of ether oxygens (including phenoxy) is 1. The monoisotopic (exact) mass is 387 g/mol. The number of aryl methyl sites for hydroxylation is 1. The van der Waals surface area contributed by atoms with Crippen molar-refractivity contribution in [2.75, 3.05) is 13.1 Å². The first-order valence-corrected chi connectivity index (χ1v) is 10.5. The fourth-order valence-corrected chi connectivity index (χ4v) is 3.89. The summed E-state index contributed by atoms with van der Waals surface area (Å²) in [6.45, 7) is 8.23. The average Bonchev–Trinajstić information content (AvgIpc) is 3.07. The lowest BCUT2D eigenvalue weighted by Gasteiger charge is -2.40. The summed E-state index contributed by atoms with van der Waals surface area (Å²) in [6, 6.07) is 7.80. The largest absolute Gasteiger partial charge is 0.388 e. The first-order chi connectivity index (χ1) is 13.5. The molecular weight excluding hydrogens is 354 g/mol. The van der Waals surface area contributed by atoms with E-state index in [-0.39, 0.29) is 24.7 Å². The quantitative estimate of drug-likeness (QED) is 0.754. The highest BCUT2D eigenvalue weighted by molar-refractivity contribution is 5.78. The van der Waals surface area contributed by atoms with Crippen molar-refractivity contribution in [1.82, 2.24) is 14.5 Å². The number of amides is 1. The minimum atomic E-state index is -0.130. The molecule has 1 aromatic carbocycles. The van der Waals surface area contributed by atoms with Gasteiger partial charge in [0.2, 0.25) is 5.91 Å². The molecule has 3 rings (SSSR count). The summed E-state index contributed by atoms with van der Waals surface area (Å²) in [5.41, 5.74) is 1.81. The Morgan fingerprint density at radius 2 is 2.11 bits per heavy atom. The van der Waals surface area contributed by atoms with Crippen LogP contribution in [0.15, 0.2) is 24.3 Å². The van der Waals surface area contributed by atoms with Crippen LogP contribution in [-0.4, -0.2) is 50.8 Å². The fraction of sp³-hybridized carbons (Fsp3) is 0.636. The lowest BCUT2D eigenvalue weighted by molar-refractivity contribution is -0.150. The first kappa shape index (κ1) is 20.8. The Bertz CT molecular complexity index is 786. The molecule has 2 atom stereocenters. The van der Waals surface area contributed by atoms with Crippen molar-refractivity contribution in [2.45, 2.75) is 71.8 Å². The molecule has 1 aromatic heterocycles. The topological polar surface area (TPSA) is 67.6 Å². The Balaban J connectivity index is 1.68. The zero-order chi connectivity index (χ0) is 20.1. The SMILES string of the molecule is CCCC[C@@H]1CN(C(=O)CCn2c(CO)nc3ccccc32)C[C@H](C(C)C)O1. The van der Waals surface area contributed by atoms with Gasteiger partial charge in [-0.25, -0.2) is 4.98 Å². The van der Waals surface area contributed by atoms with Crippen molar-refractivity contribution < 1.29 is 14.6 Å². The first-order valence-electron chi connectivity index (χ1n) is 10.5. The molecule has 6 heteroatoms. The van der Waals surface area contributed by atoms with E-state index in [9.17, 15) is 9.90 Å². The molecule has 1 amide bonds. The summed E-state index contributed by atoms with van der Waals surface area (Å²) in [6.07, 6.45) is 3.90. The van der Waals surface area contributed by atoms with Crippen LogP contribution in [-0.2, 0) is 22.7 Å². The maximum absolute atomic E-state index is 13.0. The molecule has 2 heterocycles. The van der Waals surface area contributed by atoms with Crippen molar-refractivity contribution in [3.05, 3.63) is 30.1 Å². The maximum Gasteiger partial charge on any atom is 0.224 e. The average molecular weight is 388 g/mol. The van der Waals surface area contributed by atoms with E-state index in [4.69, 9.17) is 4.74 Å². The molecule has 154 valence electrons. The number of carbonyl (C=O) groups excluding carboxylic acids is 1. The molecule has 2 aromatic rings. The molecule has 1 N–H and O–H groups in total. The fourth-order valence-electron chi connectivity index (χ4n) is 3.89. The van der Waals surface area contributed by atoms with E-state index < -0.39 is 0 Å². The summed E-state index contributed by atoms with van der Waals surface area (Å²) in [4.78, 5) is 19.4. The summed E-state index contributed by atoms with van der Waals surface area (Å²) in [5.74, 6) is 1.15. The number of para-hydroxylation sites is 2. The second kappa shape index (κ2) is 9.52. The van der Waals surface area contributed by atoms with Gasteiger partial charge in [0.05, 0.1) is 23.2 Å². The number of hydrogen-bond donors (Lipinski definition) is 1. The highest BCUT2D eigenvalue weighted by Crippen LogP contribution is 2.22. The van der Waals surface area contributed by atoms with Gasteiger partial charge in [-0.05, 0) is 24.5 Å². The summed E-state index contributed by atoms with van der Waals surface area (Å²) >= 11 is 0. The third kappa shape index (κ3) is 4.73. The van der Waals surface area contributed by atoms with Gasteiger partial charge in [0.25, 0.3) is 0 Å². The number of nitrogens with zero attached hydrogens (tertiary/aromatic N) is 3. The van der Waals surface area contributed by atoms with Crippen molar-refractivity contribution in [3.63, 3.8) is 0 Å². The van der Waals surface area contributed by atoms with Gasteiger partial charge in [0.1, 0.15) is 12.4 Å². The summed E-state index contributed by atoms with van der Waals surface area (Å²) in [7, 11) is 0. The predicted molar refractivity (Wildman–Crippen MR) is 110 cm³/mol. The van der Waals surface area contributed by atoms with E-state index >= 15 is 0 Å². The number of imidazole rings is 1. The van der Waals surface area contributed by atoms with Crippen LogP contribution in [0.4, 0.5) is 0 Å². The normalized spacial score (nSPS) is 20.2. The smallest absolute Gasteiger partial charge is 0.224 e. The van der Waals surface area contributed by atoms with E-state index in [1.165, 1.54) is 0 Å². The van der Waals surface area contributed by atoms with Gasteiger partial charge in [0.15, 0.2) is 0 Å². The van der Waals surface area contributed by atoms with Crippen LogP contribution in [0.25, 0.3) is 11.0 Å². The van der Waals surface area contributed by atoms with Crippen LogP contribution in [0.1, 0.15) is 52.3 Å². The van der Waals surface area contributed by atoms with Crippen molar-refractivity contribution >= 4 is 16.9 Å². The van der Waals surface area contributed by atoms with Gasteiger partial charge in [-0.3, -0.25) is 4.79 Å². The number of aliphatic hydroxyl groups is 1. The molecule has 28 heavy (non-hydrogen) atoms. The van der Waals surface area contributed by atoms with E-state index in [0.717, 1.165) is 30.3 Å². The molecule has 0 unspecified atom stereocenters. The lowest BCUT2D eigenvalue weighted by Crippen LogP contribution is -2.51. The Labute approximate surface area is 167 Å². The van der Waals surface area contributed by atoms with Crippen LogP contribution < -0.4 is 0 Å². The Kier molecular flexibility index (Phi) is 7.08. The number of carbonyl (C=O) groups is 1. The molecular formula is C22H33N3O3. The van der Waals surface area contributed by atoms with Gasteiger partial charge < -0.3 is 19.3 Å². The molecule has 0 aliphatic carbocycles. The van der Waals surface area contributed by atoms with Gasteiger partial charge >= 0.3 is 0 Å². The van der Waals surface area contributed by atoms with Crippen LogP contribution in [0.3, 0.4) is 0 Å². The van der Waals surface area contributed by atoms with Crippen LogP contribution in [0.5, 0.6) is 0 Å². The second-order valence-corrected chi connectivity index (χ2v) is 8.06. The second-order valence-electron chi connectivity index (χ2n) is 8.06. The number of morpholine rings is 1. The molecule has 1 aliphatic rings. The number of fused-ring (bicyclic) bond motifs is 1. The molecule has 0 radical (unpaired) electrons. The highest BCUT2D eigenvalue weighted by Gasteiger charge is 2.31. The zero-order valence-corrected chi connectivity index (χ0v) is 17.3. The molecule has 0 saturated carbocycles. The maximum atomic E-state index is 13.0. The van der Waals surface area contributed by atoms with E-state index in [0.29, 0.717) is 37.8 Å². The third-order valence-electron chi connectivity index (χ3n) is 5.59. The molecule has 1 fully saturated rings. The van der Waals surface area contributed by atoms with Gasteiger partial charge in [-0.1, -0.05) is 45.7 Å². The third-order valence-corrected chi connectivity index (χ3v) is 5.59. The molecule has 0 spiro atoms. The van der Waals surface area contributed by atoms with E-state index in [1.807, 2.05) is 33.7 Å². The lowest BCUT2D eigenvalue weighted by atomic mass is 10.0. The minimum absolute atomic E-state index is 0.0987. The minimum Gasteiger partial charge on any atom is -0.388 e. The van der Waals surface area contributed by atoms with Gasteiger partial charge in [0, 0.05) is 26.1 Å². The molecule has 0 bridgehead atoms. The van der Waals surface area contributed by atoms with Crippen molar-refractivity contribution in [1.29, 1.82) is 0 Å². The number of aromatic nitrogens is 2. The van der Waals surface area contributed by atoms with Crippen molar-refractivity contribution in [2.24, 2.45) is 5.92 Å². The predicted octanol–water partition coefficient (Wildman–Crippen LogP) is 3.36.